The lowest BCUT2D eigenvalue weighted by atomic mass is 9.57. The van der Waals surface area contributed by atoms with Crippen molar-refractivity contribution in [3.63, 3.8) is 0 Å². The van der Waals surface area contributed by atoms with Crippen molar-refractivity contribution in [1.29, 1.82) is 0 Å². The average Bonchev–Trinajstić information content (AvgIpc) is 3.58. The van der Waals surface area contributed by atoms with Crippen molar-refractivity contribution in [3.8, 4) is 44.5 Å². The maximum atomic E-state index is 13.1. The van der Waals surface area contributed by atoms with Gasteiger partial charge in [0.1, 0.15) is 0 Å². The fraction of sp³-hybridized carbons (Fsp3) is 0.186. The number of rotatable bonds is 9. The second kappa shape index (κ2) is 15.6. The Hall–Kier alpha value is -6.84. The second-order valence-electron chi connectivity index (χ2n) is 18.8. The Bertz CT molecular complexity index is 2850. The topological polar surface area (TPSA) is 42.0 Å². The summed E-state index contributed by atoms with van der Waals surface area (Å²) in [6.07, 6.45) is 3.82. The highest BCUT2D eigenvalue weighted by Gasteiger charge is 2.45. The van der Waals surface area contributed by atoms with Gasteiger partial charge in [-0.1, -0.05) is 205 Å². The summed E-state index contributed by atoms with van der Waals surface area (Å²) in [5, 5.41) is 3.06. The molecule has 0 saturated carbocycles. The Morgan fingerprint density at radius 3 is 1.21 bits per heavy atom. The third-order valence-electron chi connectivity index (χ3n) is 14.1. The number of pyridine rings is 1. The lowest BCUT2D eigenvalue weighted by Gasteiger charge is -2.46. The SMILES string of the molecule is CC(C)(C)c1ccc(-c2ccc(-c3ccc(C(C)(c4ccncc4)C(C)(C)c4ccc(-c5ccc(-c6ccc(C7(C)C(=O)Nc8ccccc87)cc6)cc5)cc4)cc3)cc2)cc1. The number of hydrogen-bond acceptors (Lipinski definition) is 2. The van der Waals surface area contributed by atoms with Gasteiger partial charge in [0.2, 0.25) is 5.91 Å². The number of benzene rings is 7. The van der Waals surface area contributed by atoms with E-state index < -0.39 is 5.41 Å². The number of nitrogens with zero attached hydrogens (tertiary/aromatic N) is 1. The molecule has 306 valence electrons. The molecule has 3 heteroatoms. The van der Waals surface area contributed by atoms with Gasteiger partial charge in [-0.2, -0.15) is 0 Å². The summed E-state index contributed by atoms with van der Waals surface area (Å²) in [5.74, 6) is 0.0117. The van der Waals surface area contributed by atoms with Crippen LogP contribution in [0.4, 0.5) is 5.69 Å². The van der Waals surface area contributed by atoms with E-state index in [1.54, 1.807) is 0 Å². The monoisotopic (exact) mass is 806 g/mol. The van der Waals surface area contributed by atoms with E-state index in [0.717, 1.165) is 27.9 Å². The Kier molecular flexibility index (Phi) is 10.2. The molecule has 62 heavy (non-hydrogen) atoms. The van der Waals surface area contributed by atoms with Crippen molar-refractivity contribution in [2.75, 3.05) is 5.32 Å². The molecule has 7 aromatic carbocycles. The highest BCUT2D eigenvalue weighted by molar-refractivity contribution is 6.08. The van der Waals surface area contributed by atoms with Crippen LogP contribution in [-0.4, -0.2) is 10.9 Å². The number of aromatic nitrogens is 1. The molecule has 1 N–H and O–H groups in total. The van der Waals surface area contributed by atoms with Crippen molar-refractivity contribution in [1.82, 2.24) is 4.98 Å². The maximum Gasteiger partial charge on any atom is 0.239 e. The molecule has 0 radical (unpaired) electrons. The van der Waals surface area contributed by atoms with E-state index in [4.69, 9.17) is 0 Å². The molecule has 8 aromatic rings. The fourth-order valence-corrected chi connectivity index (χ4v) is 9.49. The first-order chi connectivity index (χ1) is 29.8. The molecule has 3 nitrogen and oxygen atoms in total. The average molecular weight is 807 g/mol. The summed E-state index contributed by atoms with van der Waals surface area (Å²) < 4.78 is 0. The van der Waals surface area contributed by atoms with Crippen LogP contribution in [0.3, 0.4) is 0 Å². The van der Waals surface area contributed by atoms with Crippen LogP contribution in [0.2, 0.25) is 0 Å². The van der Waals surface area contributed by atoms with Gasteiger partial charge in [0.05, 0.1) is 5.41 Å². The van der Waals surface area contributed by atoms with Gasteiger partial charge in [0.15, 0.2) is 0 Å². The molecule has 0 aliphatic carbocycles. The van der Waals surface area contributed by atoms with Crippen LogP contribution in [0.25, 0.3) is 44.5 Å². The van der Waals surface area contributed by atoms with Gasteiger partial charge in [0, 0.05) is 28.9 Å². The highest BCUT2D eigenvalue weighted by Crippen LogP contribution is 2.49. The van der Waals surface area contributed by atoms with Gasteiger partial charge >= 0.3 is 0 Å². The highest BCUT2D eigenvalue weighted by atomic mass is 16.2. The third-order valence-corrected chi connectivity index (χ3v) is 14.1. The number of carbonyl (C=O) groups is 1. The molecular formula is C59H54N2O. The van der Waals surface area contributed by atoms with Crippen molar-refractivity contribution >= 4 is 11.6 Å². The van der Waals surface area contributed by atoms with E-state index >= 15 is 0 Å². The van der Waals surface area contributed by atoms with Crippen molar-refractivity contribution < 1.29 is 4.79 Å². The van der Waals surface area contributed by atoms with Gasteiger partial charge in [-0.25, -0.2) is 0 Å². The Balaban J connectivity index is 0.940. The van der Waals surface area contributed by atoms with Gasteiger partial charge in [0.25, 0.3) is 0 Å². The number of fused-ring (bicyclic) bond motifs is 1. The summed E-state index contributed by atoms with van der Waals surface area (Å²) in [4.78, 5) is 17.5. The van der Waals surface area contributed by atoms with E-state index in [1.165, 1.54) is 55.6 Å². The molecule has 1 aliphatic heterocycles. The van der Waals surface area contributed by atoms with Gasteiger partial charge in [-0.05, 0) is 108 Å². The molecule has 0 bridgehead atoms. The number of amides is 1. The van der Waals surface area contributed by atoms with Crippen LogP contribution in [0.15, 0.2) is 194 Å². The predicted molar refractivity (Wildman–Crippen MR) is 259 cm³/mol. The van der Waals surface area contributed by atoms with E-state index in [9.17, 15) is 4.79 Å². The van der Waals surface area contributed by atoms with Crippen molar-refractivity contribution in [3.05, 3.63) is 228 Å². The number of carbonyl (C=O) groups excluding carboxylic acids is 1. The zero-order chi connectivity index (χ0) is 43.3. The molecule has 0 saturated heterocycles. The Morgan fingerprint density at radius 2 is 0.774 bits per heavy atom. The molecule has 2 unspecified atom stereocenters. The summed E-state index contributed by atoms with van der Waals surface area (Å²) in [5.41, 5.74) is 16.2. The van der Waals surface area contributed by atoms with Gasteiger partial charge in [-0.3, -0.25) is 9.78 Å². The minimum Gasteiger partial charge on any atom is -0.325 e. The molecule has 1 aromatic heterocycles. The minimum atomic E-state index is -0.714. The lowest BCUT2D eigenvalue weighted by molar-refractivity contribution is -0.119. The molecule has 9 rings (SSSR count). The number of para-hydroxylation sites is 1. The first-order valence-electron chi connectivity index (χ1n) is 21.7. The number of nitrogens with one attached hydrogen (secondary N) is 1. The molecule has 2 heterocycles. The molecule has 1 amide bonds. The van der Waals surface area contributed by atoms with Gasteiger partial charge < -0.3 is 5.32 Å². The zero-order valence-corrected chi connectivity index (χ0v) is 36.8. The fourth-order valence-electron chi connectivity index (χ4n) is 9.49. The van der Waals surface area contributed by atoms with Crippen LogP contribution in [0.1, 0.15) is 81.8 Å². The largest absolute Gasteiger partial charge is 0.325 e. The molecular weight excluding hydrogens is 753 g/mol. The van der Waals surface area contributed by atoms with E-state index in [1.807, 2.05) is 43.6 Å². The van der Waals surface area contributed by atoms with E-state index in [0.29, 0.717) is 0 Å². The summed E-state index contributed by atoms with van der Waals surface area (Å²) in [6.45, 7) is 15.9. The maximum absolute atomic E-state index is 13.1. The smallest absolute Gasteiger partial charge is 0.239 e. The summed E-state index contributed by atoms with van der Waals surface area (Å²) >= 11 is 0. The van der Waals surface area contributed by atoms with Gasteiger partial charge in [-0.15, -0.1) is 0 Å². The van der Waals surface area contributed by atoms with Crippen LogP contribution in [-0.2, 0) is 26.5 Å². The normalized spacial score (nSPS) is 16.0. The number of hydrogen-bond donors (Lipinski definition) is 1. The first-order valence-corrected chi connectivity index (χ1v) is 21.7. The lowest BCUT2D eigenvalue weighted by Crippen LogP contribution is -2.43. The summed E-state index contributed by atoms with van der Waals surface area (Å²) in [6, 6.07) is 65.7. The number of anilines is 1. The first kappa shape index (κ1) is 40.6. The van der Waals surface area contributed by atoms with Crippen LogP contribution >= 0.6 is 0 Å². The van der Waals surface area contributed by atoms with E-state index in [-0.39, 0.29) is 22.2 Å². The quantitative estimate of drug-likeness (QED) is 0.158. The van der Waals surface area contributed by atoms with Crippen LogP contribution < -0.4 is 5.32 Å². The van der Waals surface area contributed by atoms with E-state index in [2.05, 4.69) is 210 Å². The Morgan fingerprint density at radius 1 is 0.419 bits per heavy atom. The van der Waals surface area contributed by atoms with Crippen molar-refractivity contribution in [2.24, 2.45) is 0 Å². The molecule has 1 aliphatic rings. The summed E-state index contributed by atoms with van der Waals surface area (Å²) in [7, 11) is 0. The van der Waals surface area contributed by atoms with Crippen LogP contribution in [0, 0.1) is 0 Å². The second-order valence-corrected chi connectivity index (χ2v) is 18.8. The molecule has 2 atom stereocenters. The predicted octanol–water partition coefficient (Wildman–Crippen LogP) is 14.6. The third kappa shape index (κ3) is 7.06. The zero-order valence-electron chi connectivity index (χ0n) is 36.8. The standard InChI is InChI=1S/C59H54N2O/c1-56(2,3)48-28-20-44(21-29-48)40-12-18-43(19-13-40)47-26-34-51(35-27-47)59(7,52-36-38-60-39-37-52)57(4,5)49-30-22-45(23-31-49)41-14-16-42(17-15-41)46-24-32-50(33-25-46)58(6)53-10-8-9-11-54(53)61-55(58)62/h8-39H,1-7H3,(H,61,62). The molecule has 0 spiro atoms. The Labute approximate surface area is 367 Å². The molecule has 0 fully saturated rings. The van der Waals surface area contributed by atoms with Crippen molar-refractivity contribution in [2.45, 2.75) is 70.1 Å². The van der Waals surface area contributed by atoms with Crippen LogP contribution in [0.5, 0.6) is 0 Å². The minimum absolute atomic E-state index is 0.0117.